The Kier molecular flexibility index (Phi) is 3.93. The summed E-state index contributed by atoms with van der Waals surface area (Å²) in [6, 6.07) is 11.3. The van der Waals surface area contributed by atoms with Crippen molar-refractivity contribution in [2.24, 2.45) is 0 Å². The summed E-state index contributed by atoms with van der Waals surface area (Å²) >= 11 is 0. The van der Waals surface area contributed by atoms with Crippen LogP contribution in [0.3, 0.4) is 0 Å². The van der Waals surface area contributed by atoms with E-state index in [2.05, 4.69) is 20.4 Å². The second-order valence-electron chi connectivity index (χ2n) is 6.31. The van der Waals surface area contributed by atoms with E-state index in [0.717, 1.165) is 22.8 Å². The van der Waals surface area contributed by atoms with E-state index in [1.165, 1.54) is 0 Å². The van der Waals surface area contributed by atoms with E-state index in [1.54, 1.807) is 12.5 Å². The molecule has 4 aromatic rings. The SMILES string of the molecule is Cc1cc(-c2cnc(NCc3ccc4c(c3)OCO4)nc2-c2ccco2)on1. The molecule has 1 N–H and O–H groups in total. The van der Waals surface area contributed by atoms with Crippen molar-refractivity contribution in [3.05, 3.63) is 60.1 Å². The van der Waals surface area contributed by atoms with Crippen molar-refractivity contribution in [1.29, 1.82) is 0 Å². The lowest BCUT2D eigenvalue weighted by atomic mass is 10.1. The molecule has 1 aliphatic heterocycles. The van der Waals surface area contributed by atoms with Gasteiger partial charge >= 0.3 is 0 Å². The van der Waals surface area contributed by atoms with Gasteiger partial charge in [0.2, 0.25) is 12.7 Å². The Morgan fingerprint density at radius 2 is 2.00 bits per heavy atom. The second-order valence-corrected chi connectivity index (χ2v) is 6.31. The number of ether oxygens (including phenoxy) is 2. The molecule has 140 valence electrons. The molecule has 0 spiro atoms. The van der Waals surface area contributed by atoms with Crippen LogP contribution in [0.2, 0.25) is 0 Å². The van der Waals surface area contributed by atoms with Crippen LogP contribution in [-0.2, 0) is 6.54 Å². The quantitative estimate of drug-likeness (QED) is 0.557. The zero-order valence-electron chi connectivity index (χ0n) is 15.0. The first kappa shape index (κ1) is 16.4. The van der Waals surface area contributed by atoms with Crippen molar-refractivity contribution in [3.8, 4) is 34.3 Å². The van der Waals surface area contributed by atoms with Gasteiger partial charge in [-0.25, -0.2) is 9.97 Å². The number of aryl methyl sites for hydroxylation is 1. The van der Waals surface area contributed by atoms with Crippen molar-refractivity contribution < 1.29 is 18.4 Å². The number of nitrogens with zero attached hydrogens (tertiary/aromatic N) is 3. The molecule has 0 radical (unpaired) electrons. The highest BCUT2D eigenvalue weighted by atomic mass is 16.7. The third kappa shape index (κ3) is 3.05. The molecule has 5 rings (SSSR count). The molecule has 3 aromatic heterocycles. The molecule has 0 saturated carbocycles. The lowest BCUT2D eigenvalue weighted by Crippen LogP contribution is -2.05. The van der Waals surface area contributed by atoms with Crippen molar-refractivity contribution in [3.63, 3.8) is 0 Å². The van der Waals surface area contributed by atoms with Gasteiger partial charge in [0.1, 0.15) is 5.69 Å². The first-order valence-electron chi connectivity index (χ1n) is 8.73. The standard InChI is InChI=1S/C20H16N4O4/c1-12-7-17(28-24-12)14-10-22-20(23-19(14)16-3-2-6-25-16)21-9-13-4-5-15-18(8-13)27-11-26-15/h2-8,10H,9,11H2,1H3,(H,21,22,23). The number of benzene rings is 1. The van der Waals surface area contributed by atoms with Crippen LogP contribution in [0.1, 0.15) is 11.3 Å². The molecule has 0 saturated heterocycles. The number of furan rings is 1. The Balaban J connectivity index is 1.43. The molecule has 1 aromatic carbocycles. The van der Waals surface area contributed by atoms with E-state index in [4.69, 9.17) is 18.4 Å². The Morgan fingerprint density at radius 1 is 1.07 bits per heavy atom. The van der Waals surface area contributed by atoms with E-state index < -0.39 is 0 Å². The lowest BCUT2D eigenvalue weighted by Gasteiger charge is -2.09. The van der Waals surface area contributed by atoms with Gasteiger partial charge in [-0.1, -0.05) is 11.2 Å². The minimum absolute atomic E-state index is 0.254. The number of anilines is 1. The van der Waals surface area contributed by atoms with Gasteiger partial charge in [0.15, 0.2) is 23.0 Å². The van der Waals surface area contributed by atoms with Gasteiger partial charge in [0.25, 0.3) is 0 Å². The third-order valence-corrected chi connectivity index (χ3v) is 4.32. The molecule has 0 unspecified atom stereocenters. The van der Waals surface area contributed by atoms with E-state index in [9.17, 15) is 0 Å². The molecule has 0 amide bonds. The number of fused-ring (bicyclic) bond motifs is 1. The van der Waals surface area contributed by atoms with Gasteiger partial charge in [-0.15, -0.1) is 0 Å². The van der Waals surface area contributed by atoms with E-state index in [0.29, 0.717) is 35.3 Å². The van der Waals surface area contributed by atoms with Gasteiger partial charge < -0.3 is 23.7 Å². The van der Waals surface area contributed by atoms with Crippen LogP contribution in [0.5, 0.6) is 11.5 Å². The predicted molar refractivity (Wildman–Crippen MR) is 99.9 cm³/mol. The molecule has 0 bridgehead atoms. The molecule has 1 aliphatic rings. The average Bonchev–Trinajstić information content (AvgIpc) is 3.47. The normalized spacial score (nSPS) is 12.3. The maximum absolute atomic E-state index is 5.55. The largest absolute Gasteiger partial charge is 0.463 e. The zero-order chi connectivity index (χ0) is 18.9. The molecule has 0 aliphatic carbocycles. The van der Waals surface area contributed by atoms with Gasteiger partial charge in [-0.2, -0.15) is 0 Å². The number of aromatic nitrogens is 3. The summed E-state index contributed by atoms with van der Waals surface area (Å²) in [5, 5.41) is 7.18. The van der Waals surface area contributed by atoms with Crippen LogP contribution in [0.4, 0.5) is 5.95 Å². The minimum atomic E-state index is 0.254. The van der Waals surface area contributed by atoms with Crippen molar-refractivity contribution >= 4 is 5.95 Å². The molecule has 0 atom stereocenters. The highest BCUT2D eigenvalue weighted by molar-refractivity contribution is 5.75. The fourth-order valence-electron chi connectivity index (χ4n) is 2.97. The third-order valence-electron chi connectivity index (χ3n) is 4.32. The van der Waals surface area contributed by atoms with Crippen LogP contribution in [0.15, 0.2) is 57.8 Å². The number of rotatable bonds is 5. The smallest absolute Gasteiger partial charge is 0.231 e. The molecule has 4 heterocycles. The van der Waals surface area contributed by atoms with Gasteiger partial charge in [0.05, 0.1) is 17.5 Å². The summed E-state index contributed by atoms with van der Waals surface area (Å²) in [5.74, 6) is 3.19. The fourth-order valence-corrected chi connectivity index (χ4v) is 2.97. The Hall–Kier alpha value is -3.81. The maximum atomic E-state index is 5.55. The maximum Gasteiger partial charge on any atom is 0.231 e. The fraction of sp³-hybridized carbons (Fsp3) is 0.150. The van der Waals surface area contributed by atoms with Gasteiger partial charge in [-0.05, 0) is 36.8 Å². The van der Waals surface area contributed by atoms with Crippen molar-refractivity contribution in [1.82, 2.24) is 15.1 Å². The molecule has 8 nitrogen and oxygen atoms in total. The zero-order valence-corrected chi connectivity index (χ0v) is 15.0. The summed E-state index contributed by atoms with van der Waals surface area (Å²) in [6.07, 6.45) is 3.30. The summed E-state index contributed by atoms with van der Waals surface area (Å²) in [4.78, 5) is 9.04. The van der Waals surface area contributed by atoms with Crippen LogP contribution >= 0.6 is 0 Å². The molecular weight excluding hydrogens is 360 g/mol. The van der Waals surface area contributed by atoms with Crippen LogP contribution in [0, 0.1) is 6.92 Å². The number of hydrogen-bond donors (Lipinski definition) is 1. The molecule has 8 heteroatoms. The number of hydrogen-bond acceptors (Lipinski definition) is 8. The molecule has 28 heavy (non-hydrogen) atoms. The monoisotopic (exact) mass is 376 g/mol. The highest BCUT2D eigenvalue weighted by Gasteiger charge is 2.17. The van der Waals surface area contributed by atoms with Crippen LogP contribution in [-0.4, -0.2) is 21.9 Å². The van der Waals surface area contributed by atoms with E-state index >= 15 is 0 Å². The summed E-state index contributed by atoms with van der Waals surface area (Å²) in [6.45, 7) is 2.65. The van der Waals surface area contributed by atoms with Crippen molar-refractivity contribution in [2.75, 3.05) is 12.1 Å². The van der Waals surface area contributed by atoms with Gasteiger partial charge in [0, 0.05) is 18.8 Å². The van der Waals surface area contributed by atoms with Crippen LogP contribution in [0.25, 0.3) is 22.8 Å². The van der Waals surface area contributed by atoms with E-state index in [-0.39, 0.29) is 6.79 Å². The van der Waals surface area contributed by atoms with Crippen LogP contribution < -0.4 is 14.8 Å². The Labute approximate surface area is 160 Å². The minimum Gasteiger partial charge on any atom is -0.463 e. The molecular formula is C20H16N4O4. The van der Waals surface area contributed by atoms with Gasteiger partial charge in [-0.3, -0.25) is 0 Å². The Morgan fingerprint density at radius 3 is 2.82 bits per heavy atom. The average molecular weight is 376 g/mol. The predicted octanol–water partition coefficient (Wildman–Crippen LogP) is 4.04. The first-order chi connectivity index (χ1) is 13.8. The first-order valence-corrected chi connectivity index (χ1v) is 8.73. The summed E-state index contributed by atoms with van der Waals surface area (Å²) in [5.41, 5.74) is 3.15. The summed E-state index contributed by atoms with van der Waals surface area (Å²) in [7, 11) is 0. The lowest BCUT2D eigenvalue weighted by molar-refractivity contribution is 0.174. The molecule has 0 fully saturated rings. The Bertz CT molecular complexity index is 1120. The van der Waals surface area contributed by atoms with E-state index in [1.807, 2.05) is 43.3 Å². The number of nitrogens with one attached hydrogen (secondary N) is 1. The topological polar surface area (TPSA) is 95.4 Å². The second kappa shape index (κ2) is 6.73. The highest BCUT2D eigenvalue weighted by Crippen LogP contribution is 2.33. The van der Waals surface area contributed by atoms with Crippen molar-refractivity contribution in [2.45, 2.75) is 13.5 Å². The summed E-state index contributed by atoms with van der Waals surface area (Å²) < 4.78 is 21.7.